The van der Waals surface area contributed by atoms with Crippen LogP contribution in [-0.2, 0) is 13.5 Å². The first-order chi connectivity index (χ1) is 9.34. The topological polar surface area (TPSA) is 38.9 Å². The van der Waals surface area contributed by atoms with Crippen LogP contribution in [0.3, 0.4) is 0 Å². The van der Waals surface area contributed by atoms with Gasteiger partial charge in [-0.05, 0) is 6.42 Å². The first kappa shape index (κ1) is 23.1. The molecule has 0 bridgehead atoms. The number of hydrogen-bond acceptors (Lipinski definition) is 1. The van der Waals surface area contributed by atoms with Crippen LogP contribution in [0, 0.1) is 0 Å². The second-order valence-electron chi connectivity index (χ2n) is 5.73. The summed E-state index contributed by atoms with van der Waals surface area (Å²) in [6, 6.07) is 6.49. The Labute approximate surface area is 149 Å². The molecule has 21 heavy (non-hydrogen) atoms. The van der Waals surface area contributed by atoms with E-state index in [1.165, 1.54) is 76.3 Å². The van der Waals surface area contributed by atoms with Gasteiger partial charge in [-0.25, -0.2) is 4.57 Å². The third-order valence-electron chi connectivity index (χ3n) is 3.95. The summed E-state index contributed by atoms with van der Waals surface area (Å²) in [7, 11) is 2.14. The summed E-state index contributed by atoms with van der Waals surface area (Å²) in [4.78, 5) is 0. The molecule has 0 amide bonds. The monoisotopic (exact) mass is 407 g/mol. The predicted molar refractivity (Wildman–Crippen MR) is 104 cm³/mol. The second-order valence-corrected chi connectivity index (χ2v) is 5.73. The standard InChI is InChI=1S/C18H32N.HI.H3N/c1-3-4-5-6-7-8-9-10-11-12-15-18-16-13-14-17-19(18)2;;/h13-14,16-17H,3-12,15H2,1-2H3;1H;1H3/q+1;;. The van der Waals surface area contributed by atoms with Crippen LogP contribution >= 0.6 is 24.0 Å². The number of halogens is 1. The van der Waals surface area contributed by atoms with Gasteiger partial charge in [0, 0.05) is 18.6 Å². The molecule has 0 fully saturated rings. The minimum Gasteiger partial charge on any atom is -0.344 e. The third-order valence-corrected chi connectivity index (χ3v) is 3.95. The lowest BCUT2D eigenvalue weighted by Gasteiger charge is -2.02. The Morgan fingerprint density at radius 1 is 0.810 bits per heavy atom. The fourth-order valence-electron chi connectivity index (χ4n) is 2.61. The van der Waals surface area contributed by atoms with E-state index >= 15 is 0 Å². The van der Waals surface area contributed by atoms with Crippen molar-refractivity contribution in [3.05, 3.63) is 30.1 Å². The molecule has 1 heterocycles. The Bertz CT molecular complexity index is 329. The van der Waals surface area contributed by atoms with Gasteiger partial charge >= 0.3 is 0 Å². The van der Waals surface area contributed by atoms with Crippen molar-refractivity contribution in [2.24, 2.45) is 7.05 Å². The molecular formula is C18H36IN2+. The first-order valence-electron chi connectivity index (χ1n) is 8.28. The quantitative estimate of drug-likeness (QED) is 0.283. The maximum Gasteiger partial charge on any atom is 0.181 e. The molecule has 0 radical (unpaired) electrons. The van der Waals surface area contributed by atoms with E-state index in [-0.39, 0.29) is 30.1 Å². The molecule has 0 aliphatic carbocycles. The fourth-order valence-corrected chi connectivity index (χ4v) is 2.61. The van der Waals surface area contributed by atoms with Crippen LogP contribution in [0.5, 0.6) is 0 Å². The second kappa shape index (κ2) is 16.2. The summed E-state index contributed by atoms with van der Waals surface area (Å²) >= 11 is 0. The van der Waals surface area contributed by atoms with Crippen molar-refractivity contribution in [1.29, 1.82) is 0 Å². The highest BCUT2D eigenvalue weighted by molar-refractivity contribution is 14.0. The molecule has 124 valence electrons. The average molecular weight is 407 g/mol. The van der Waals surface area contributed by atoms with Crippen molar-refractivity contribution in [1.82, 2.24) is 6.15 Å². The number of nitrogens with zero attached hydrogens (tertiary/aromatic N) is 1. The Morgan fingerprint density at radius 2 is 1.33 bits per heavy atom. The van der Waals surface area contributed by atoms with Gasteiger partial charge in [0.15, 0.2) is 11.9 Å². The molecule has 0 aliphatic rings. The van der Waals surface area contributed by atoms with Crippen molar-refractivity contribution in [3.63, 3.8) is 0 Å². The lowest BCUT2D eigenvalue weighted by atomic mass is 10.1. The number of aromatic nitrogens is 1. The van der Waals surface area contributed by atoms with Gasteiger partial charge < -0.3 is 6.15 Å². The van der Waals surface area contributed by atoms with E-state index < -0.39 is 0 Å². The van der Waals surface area contributed by atoms with Gasteiger partial charge in [0.1, 0.15) is 7.05 Å². The molecule has 0 aromatic carbocycles. The van der Waals surface area contributed by atoms with Gasteiger partial charge in [0.25, 0.3) is 0 Å². The minimum absolute atomic E-state index is 0. The summed E-state index contributed by atoms with van der Waals surface area (Å²) in [5, 5.41) is 0. The Balaban J connectivity index is 0. The van der Waals surface area contributed by atoms with Crippen LogP contribution in [0.15, 0.2) is 24.4 Å². The molecule has 2 nitrogen and oxygen atoms in total. The molecule has 0 aliphatic heterocycles. The van der Waals surface area contributed by atoms with Crippen molar-refractivity contribution >= 4 is 24.0 Å². The molecule has 3 heteroatoms. The van der Waals surface area contributed by atoms with Crippen molar-refractivity contribution in [2.75, 3.05) is 0 Å². The van der Waals surface area contributed by atoms with Gasteiger partial charge in [0.05, 0.1) is 0 Å². The summed E-state index contributed by atoms with van der Waals surface area (Å²) in [6.07, 6.45) is 17.5. The maximum atomic E-state index is 2.28. The lowest BCUT2D eigenvalue weighted by molar-refractivity contribution is -0.679. The zero-order valence-corrected chi connectivity index (χ0v) is 16.5. The number of unbranched alkanes of at least 4 members (excludes halogenated alkanes) is 9. The zero-order chi connectivity index (χ0) is 13.8. The van der Waals surface area contributed by atoms with Gasteiger partial charge in [-0.15, -0.1) is 24.0 Å². The predicted octanol–water partition coefficient (Wildman–Crippen LogP) is 5.75. The highest BCUT2D eigenvalue weighted by Gasteiger charge is 2.03. The van der Waals surface area contributed by atoms with E-state index in [1.807, 2.05) is 0 Å². The molecule has 0 atom stereocenters. The molecule has 0 spiro atoms. The van der Waals surface area contributed by atoms with Gasteiger partial charge in [-0.2, -0.15) is 0 Å². The van der Waals surface area contributed by atoms with Gasteiger partial charge in [-0.3, -0.25) is 0 Å². The van der Waals surface area contributed by atoms with Crippen LogP contribution in [0.25, 0.3) is 0 Å². The van der Waals surface area contributed by atoms with E-state index in [9.17, 15) is 0 Å². The van der Waals surface area contributed by atoms with Crippen molar-refractivity contribution in [2.45, 2.75) is 77.6 Å². The number of hydrogen-bond donors (Lipinski definition) is 1. The maximum absolute atomic E-state index is 2.28. The molecule has 0 unspecified atom stereocenters. The third kappa shape index (κ3) is 12.1. The minimum atomic E-state index is 0. The Morgan fingerprint density at radius 3 is 1.86 bits per heavy atom. The molecule has 1 aromatic heterocycles. The zero-order valence-electron chi connectivity index (χ0n) is 14.2. The van der Waals surface area contributed by atoms with Crippen molar-refractivity contribution < 1.29 is 4.57 Å². The Kier molecular flexibility index (Phi) is 17.8. The number of aryl methyl sites for hydroxylation is 2. The van der Waals surface area contributed by atoms with E-state index in [2.05, 4.69) is 42.9 Å². The number of rotatable bonds is 11. The number of pyridine rings is 1. The summed E-state index contributed by atoms with van der Waals surface area (Å²) in [6.45, 7) is 2.28. The normalized spacial score (nSPS) is 9.81. The van der Waals surface area contributed by atoms with E-state index in [4.69, 9.17) is 0 Å². The lowest BCUT2D eigenvalue weighted by Crippen LogP contribution is -2.32. The summed E-state index contributed by atoms with van der Waals surface area (Å²) in [5.41, 5.74) is 1.46. The molecular weight excluding hydrogens is 371 g/mol. The van der Waals surface area contributed by atoms with Crippen LogP contribution < -0.4 is 10.7 Å². The van der Waals surface area contributed by atoms with Crippen LogP contribution in [0.2, 0.25) is 0 Å². The molecule has 0 saturated heterocycles. The summed E-state index contributed by atoms with van der Waals surface area (Å²) < 4.78 is 2.24. The fraction of sp³-hybridized carbons (Fsp3) is 0.722. The smallest absolute Gasteiger partial charge is 0.181 e. The molecule has 1 aromatic rings. The summed E-state index contributed by atoms with van der Waals surface area (Å²) in [5.74, 6) is 0. The highest BCUT2D eigenvalue weighted by atomic mass is 127. The van der Waals surface area contributed by atoms with Gasteiger partial charge in [0.2, 0.25) is 0 Å². The average Bonchev–Trinajstić information content (AvgIpc) is 2.43. The van der Waals surface area contributed by atoms with Gasteiger partial charge in [-0.1, -0.05) is 70.8 Å². The SMILES string of the molecule is CCCCCCCCCCCCc1cccc[n+]1C.I.N. The van der Waals surface area contributed by atoms with Crippen LogP contribution in [0.4, 0.5) is 0 Å². The molecule has 0 saturated carbocycles. The van der Waals surface area contributed by atoms with Crippen molar-refractivity contribution in [3.8, 4) is 0 Å². The largest absolute Gasteiger partial charge is 0.344 e. The molecule has 3 N–H and O–H groups in total. The van der Waals surface area contributed by atoms with Crippen LogP contribution in [0.1, 0.15) is 76.8 Å². The van der Waals surface area contributed by atoms with E-state index in [0.29, 0.717) is 0 Å². The molecule has 1 rings (SSSR count). The first-order valence-corrected chi connectivity index (χ1v) is 8.28. The van der Waals surface area contributed by atoms with Crippen LogP contribution in [-0.4, -0.2) is 0 Å². The van der Waals surface area contributed by atoms with E-state index in [0.717, 1.165) is 0 Å². The Hall–Kier alpha value is -0.160. The van der Waals surface area contributed by atoms with E-state index in [1.54, 1.807) is 0 Å². The highest BCUT2D eigenvalue weighted by Crippen LogP contribution is 2.11.